The molecule has 5 heteroatoms. The van der Waals surface area contributed by atoms with Gasteiger partial charge in [0.25, 0.3) is 0 Å². The lowest BCUT2D eigenvalue weighted by molar-refractivity contribution is 0.0747. The van der Waals surface area contributed by atoms with E-state index in [4.69, 9.17) is 9.47 Å². The summed E-state index contributed by atoms with van der Waals surface area (Å²) in [6, 6.07) is 24.0. The Labute approximate surface area is 183 Å². The lowest BCUT2D eigenvalue weighted by atomic mass is 9.99. The molecule has 0 fully saturated rings. The molecule has 3 rings (SSSR count). The number of aliphatic hydroxyl groups is 1. The van der Waals surface area contributed by atoms with Crippen LogP contribution in [0.1, 0.15) is 40.1 Å². The van der Waals surface area contributed by atoms with Gasteiger partial charge in [0.05, 0.1) is 7.11 Å². The van der Waals surface area contributed by atoms with Gasteiger partial charge in [-0.15, -0.1) is 0 Å². The smallest absolute Gasteiger partial charge is 0.195 e. The third-order valence-corrected chi connectivity index (χ3v) is 5.09. The molecule has 0 aliphatic rings. The van der Waals surface area contributed by atoms with Gasteiger partial charge in [0, 0.05) is 18.5 Å². The Morgan fingerprint density at radius 2 is 1.52 bits per heavy atom. The molecule has 162 valence electrons. The largest absolute Gasteiger partial charge is 0.493 e. The molecule has 5 nitrogen and oxygen atoms in total. The molecule has 3 aromatic carbocycles. The molecule has 1 N–H and O–H groups in total. The molecule has 0 aliphatic heterocycles. The first-order valence-electron chi connectivity index (χ1n) is 10.3. The number of hydrogen-bond acceptors (Lipinski definition) is 5. The fraction of sp³-hybridized carbons (Fsp3) is 0.269. The fourth-order valence-corrected chi connectivity index (χ4v) is 3.35. The molecule has 31 heavy (non-hydrogen) atoms. The molecule has 0 heterocycles. The third-order valence-electron chi connectivity index (χ3n) is 5.09. The van der Waals surface area contributed by atoms with E-state index in [0.29, 0.717) is 22.6 Å². The predicted molar refractivity (Wildman–Crippen MR) is 122 cm³/mol. The minimum absolute atomic E-state index is 0.158. The summed E-state index contributed by atoms with van der Waals surface area (Å²) in [5.74, 6) is 0.626. The van der Waals surface area contributed by atoms with E-state index in [-0.39, 0.29) is 11.9 Å². The van der Waals surface area contributed by atoms with E-state index in [0.717, 1.165) is 18.5 Å². The van der Waals surface area contributed by atoms with Gasteiger partial charge in [-0.3, -0.25) is 4.79 Å². The van der Waals surface area contributed by atoms with Crippen LogP contribution in [0.2, 0.25) is 0 Å². The van der Waals surface area contributed by atoms with Crippen LogP contribution in [-0.4, -0.2) is 43.5 Å². The number of hydrogen-bond donors (Lipinski definition) is 1. The van der Waals surface area contributed by atoms with Crippen molar-refractivity contribution in [2.75, 3.05) is 27.7 Å². The number of carbonyl (C=O) groups excluding carboxylic acids is 1. The summed E-state index contributed by atoms with van der Waals surface area (Å²) in [4.78, 5) is 14.9. The normalized spacial score (nSPS) is 12.9. The quantitative estimate of drug-likeness (QED) is 0.484. The fourth-order valence-electron chi connectivity index (χ4n) is 3.35. The maximum atomic E-state index is 12.8. The molecule has 0 radical (unpaired) electrons. The van der Waals surface area contributed by atoms with Gasteiger partial charge in [-0.25, -0.2) is 0 Å². The maximum Gasteiger partial charge on any atom is 0.195 e. The van der Waals surface area contributed by atoms with Crippen molar-refractivity contribution in [3.8, 4) is 11.5 Å². The molecule has 0 aromatic heterocycles. The molecule has 0 spiro atoms. The number of carbonyl (C=O) groups is 1. The zero-order valence-corrected chi connectivity index (χ0v) is 18.2. The van der Waals surface area contributed by atoms with Crippen LogP contribution in [-0.2, 0) is 0 Å². The van der Waals surface area contributed by atoms with E-state index >= 15 is 0 Å². The molecule has 0 saturated carbocycles. The van der Waals surface area contributed by atoms with Gasteiger partial charge in [0.1, 0.15) is 12.2 Å². The van der Waals surface area contributed by atoms with Gasteiger partial charge in [0.15, 0.2) is 17.3 Å². The zero-order chi connectivity index (χ0) is 22.2. The Bertz CT molecular complexity index is 973. The van der Waals surface area contributed by atoms with Gasteiger partial charge in [-0.2, -0.15) is 0 Å². The minimum atomic E-state index is -1.23. The SMILES string of the molecule is COc1cc(C(=O)C(O)c2ccccc2)ccc1OC(CCN(C)C)c1ccccc1. The van der Waals surface area contributed by atoms with Crippen molar-refractivity contribution < 1.29 is 19.4 Å². The summed E-state index contributed by atoms with van der Waals surface area (Å²) >= 11 is 0. The number of nitrogens with zero attached hydrogens (tertiary/aromatic N) is 1. The maximum absolute atomic E-state index is 12.8. The third kappa shape index (κ3) is 5.94. The highest BCUT2D eigenvalue weighted by Gasteiger charge is 2.22. The molecule has 2 unspecified atom stereocenters. The van der Waals surface area contributed by atoms with E-state index in [2.05, 4.69) is 4.90 Å². The van der Waals surface area contributed by atoms with Gasteiger partial charge >= 0.3 is 0 Å². The molecular weight excluding hydrogens is 390 g/mol. The highest BCUT2D eigenvalue weighted by Crippen LogP contribution is 2.34. The van der Waals surface area contributed by atoms with Crippen LogP contribution in [0.5, 0.6) is 11.5 Å². The number of methoxy groups -OCH3 is 1. The molecule has 0 amide bonds. The van der Waals surface area contributed by atoms with Crippen molar-refractivity contribution in [1.82, 2.24) is 4.90 Å². The number of Topliss-reactive ketones (excluding diaryl/α,β-unsaturated/α-hetero) is 1. The van der Waals surface area contributed by atoms with Crippen molar-refractivity contribution in [3.63, 3.8) is 0 Å². The van der Waals surface area contributed by atoms with E-state index in [9.17, 15) is 9.90 Å². The van der Waals surface area contributed by atoms with Crippen LogP contribution in [0.15, 0.2) is 78.9 Å². The van der Waals surface area contributed by atoms with Crippen molar-refractivity contribution in [2.24, 2.45) is 0 Å². The summed E-state index contributed by atoms with van der Waals surface area (Å²) in [5.41, 5.74) is 2.00. The number of aliphatic hydroxyl groups excluding tert-OH is 1. The number of benzene rings is 3. The summed E-state index contributed by atoms with van der Waals surface area (Å²) in [6.07, 6.45) is -0.586. The Hall–Kier alpha value is -3.15. The van der Waals surface area contributed by atoms with Crippen molar-refractivity contribution in [3.05, 3.63) is 95.6 Å². The highest BCUT2D eigenvalue weighted by atomic mass is 16.5. The summed E-state index contributed by atoms with van der Waals surface area (Å²) in [7, 11) is 5.60. The number of rotatable bonds is 10. The Morgan fingerprint density at radius 3 is 2.10 bits per heavy atom. The zero-order valence-electron chi connectivity index (χ0n) is 18.2. The first-order chi connectivity index (χ1) is 15.0. The van der Waals surface area contributed by atoms with E-state index in [1.165, 1.54) is 0 Å². The van der Waals surface area contributed by atoms with E-state index in [1.807, 2.05) is 50.5 Å². The first-order valence-corrected chi connectivity index (χ1v) is 10.3. The lowest BCUT2D eigenvalue weighted by Crippen LogP contribution is -2.19. The number of ketones is 1. The standard InChI is InChI=1S/C26H29NO4/c1-27(2)17-16-22(19-10-6-4-7-11-19)31-23-15-14-21(18-24(23)30-3)26(29)25(28)20-12-8-5-9-13-20/h4-15,18,22,25,28H,16-17H2,1-3H3. The van der Waals surface area contributed by atoms with Gasteiger partial charge < -0.3 is 19.5 Å². The molecule has 3 aromatic rings. The van der Waals surface area contributed by atoms with Gasteiger partial charge in [0.2, 0.25) is 0 Å². The number of ether oxygens (including phenoxy) is 2. The average molecular weight is 420 g/mol. The van der Waals surface area contributed by atoms with Crippen molar-refractivity contribution >= 4 is 5.78 Å². The Morgan fingerprint density at radius 1 is 0.903 bits per heavy atom. The van der Waals surface area contributed by atoms with E-state index in [1.54, 1.807) is 49.6 Å². The van der Waals surface area contributed by atoms with Crippen LogP contribution in [0, 0.1) is 0 Å². The summed E-state index contributed by atoms with van der Waals surface area (Å²) in [6.45, 7) is 0.863. The van der Waals surface area contributed by atoms with Crippen molar-refractivity contribution in [1.29, 1.82) is 0 Å². The van der Waals surface area contributed by atoms with Crippen LogP contribution < -0.4 is 9.47 Å². The molecule has 0 aliphatic carbocycles. The average Bonchev–Trinajstić information content (AvgIpc) is 2.81. The molecular formula is C26H29NO4. The molecule has 0 saturated heterocycles. The second-order valence-electron chi connectivity index (χ2n) is 7.65. The minimum Gasteiger partial charge on any atom is -0.493 e. The Kier molecular flexibility index (Phi) is 7.82. The molecule has 0 bridgehead atoms. The first kappa shape index (κ1) is 22.5. The summed E-state index contributed by atoms with van der Waals surface area (Å²) in [5, 5.41) is 10.5. The summed E-state index contributed by atoms with van der Waals surface area (Å²) < 4.78 is 11.8. The second-order valence-corrected chi connectivity index (χ2v) is 7.65. The van der Waals surface area contributed by atoms with Crippen LogP contribution in [0.25, 0.3) is 0 Å². The Balaban J connectivity index is 1.83. The molecule has 2 atom stereocenters. The van der Waals surface area contributed by atoms with Crippen LogP contribution in [0.3, 0.4) is 0 Å². The van der Waals surface area contributed by atoms with Crippen molar-refractivity contribution in [2.45, 2.75) is 18.6 Å². The van der Waals surface area contributed by atoms with Crippen LogP contribution in [0.4, 0.5) is 0 Å². The second kappa shape index (κ2) is 10.8. The highest BCUT2D eigenvalue weighted by molar-refractivity contribution is 6.00. The lowest BCUT2D eigenvalue weighted by Gasteiger charge is -2.23. The monoisotopic (exact) mass is 419 g/mol. The predicted octanol–water partition coefficient (Wildman–Crippen LogP) is 4.68. The van der Waals surface area contributed by atoms with E-state index < -0.39 is 6.10 Å². The van der Waals surface area contributed by atoms with Gasteiger partial charge in [-0.05, 0) is 43.4 Å². The van der Waals surface area contributed by atoms with Crippen LogP contribution >= 0.6 is 0 Å². The topological polar surface area (TPSA) is 59.0 Å². The van der Waals surface area contributed by atoms with Gasteiger partial charge in [-0.1, -0.05) is 60.7 Å².